The maximum atomic E-state index is 11.2. The Morgan fingerprint density at radius 3 is 2.32 bits per heavy atom. The standard InChI is InChI=1S/C32H45NO/c1-29(2)24(22-9-7-21(20-34)8-10-22)13-17-31(4)27(29)15-18-30(3)25-14-19-32(33)16-5-6-26(32)23(25)11-12-28(30)31/h7-10,13,20,23,25-28H,5-6,11-12,14-19,33H2,1-4H3/t23-,25?,26+,27?,28?,30?,31?,32?/m0/s1. The third-order valence-electron chi connectivity index (χ3n) is 12.5. The molecule has 0 spiro atoms. The van der Waals surface area contributed by atoms with E-state index in [2.05, 4.69) is 45.9 Å². The van der Waals surface area contributed by atoms with Crippen molar-refractivity contribution in [2.24, 2.45) is 51.6 Å². The van der Waals surface area contributed by atoms with Crippen LogP contribution in [0.3, 0.4) is 0 Å². The molecule has 8 atom stereocenters. The highest BCUT2D eigenvalue weighted by molar-refractivity contribution is 5.78. The highest BCUT2D eigenvalue weighted by Gasteiger charge is 2.65. The molecule has 1 aromatic rings. The topological polar surface area (TPSA) is 43.1 Å². The van der Waals surface area contributed by atoms with Gasteiger partial charge in [-0.1, -0.05) is 64.5 Å². The van der Waals surface area contributed by atoms with Gasteiger partial charge in [-0.15, -0.1) is 0 Å². The molecule has 6 unspecified atom stereocenters. The van der Waals surface area contributed by atoms with E-state index in [1.807, 2.05) is 12.1 Å². The van der Waals surface area contributed by atoms with E-state index < -0.39 is 0 Å². The molecule has 0 radical (unpaired) electrons. The summed E-state index contributed by atoms with van der Waals surface area (Å²) in [4.78, 5) is 11.2. The zero-order valence-electron chi connectivity index (χ0n) is 21.9. The van der Waals surface area contributed by atoms with E-state index in [0.717, 1.165) is 35.5 Å². The van der Waals surface area contributed by atoms with E-state index in [-0.39, 0.29) is 11.0 Å². The predicted molar refractivity (Wildman–Crippen MR) is 140 cm³/mol. The molecular weight excluding hydrogens is 414 g/mol. The molecular formula is C32H45NO. The molecule has 0 saturated heterocycles. The molecule has 0 amide bonds. The fourth-order valence-corrected chi connectivity index (χ4v) is 11.1. The molecule has 0 heterocycles. The number of hydrogen-bond acceptors (Lipinski definition) is 2. The van der Waals surface area contributed by atoms with Crippen LogP contribution in [0.4, 0.5) is 0 Å². The highest BCUT2D eigenvalue weighted by Crippen LogP contribution is 2.72. The molecule has 184 valence electrons. The molecule has 34 heavy (non-hydrogen) atoms. The van der Waals surface area contributed by atoms with Crippen molar-refractivity contribution in [3.8, 4) is 0 Å². The Kier molecular flexibility index (Phi) is 5.11. The number of fused-ring (bicyclic) bond motifs is 7. The second-order valence-corrected chi connectivity index (χ2v) is 14.1. The van der Waals surface area contributed by atoms with Gasteiger partial charge in [0.05, 0.1) is 0 Å². The Morgan fingerprint density at radius 2 is 1.59 bits per heavy atom. The molecule has 5 aliphatic carbocycles. The van der Waals surface area contributed by atoms with Gasteiger partial charge in [-0.3, -0.25) is 4.79 Å². The number of aldehydes is 1. The van der Waals surface area contributed by atoms with Crippen molar-refractivity contribution in [2.75, 3.05) is 0 Å². The summed E-state index contributed by atoms with van der Waals surface area (Å²) in [6.07, 6.45) is 17.0. The molecule has 0 aliphatic heterocycles. The second-order valence-electron chi connectivity index (χ2n) is 14.1. The quantitative estimate of drug-likeness (QED) is 0.461. The molecule has 0 aromatic heterocycles. The van der Waals surface area contributed by atoms with Gasteiger partial charge in [-0.2, -0.15) is 0 Å². The summed E-state index contributed by atoms with van der Waals surface area (Å²) in [5.41, 5.74) is 11.8. The van der Waals surface area contributed by atoms with Gasteiger partial charge in [0.1, 0.15) is 6.29 Å². The van der Waals surface area contributed by atoms with E-state index in [1.54, 1.807) is 0 Å². The van der Waals surface area contributed by atoms with E-state index >= 15 is 0 Å². The van der Waals surface area contributed by atoms with Crippen LogP contribution in [0.25, 0.3) is 5.57 Å². The van der Waals surface area contributed by atoms with E-state index in [4.69, 9.17) is 5.73 Å². The number of rotatable bonds is 2. The first-order chi connectivity index (χ1) is 16.1. The lowest BCUT2D eigenvalue weighted by molar-refractivity contribution is -0.170. The Balaban J connectivity index is 1.33. The van der Waals surface area contributed by atoms with Crippen LogP contribution in [0.1, 0.15) is 108 Å². The summed E-state index contributed by atoms with van der Waals surface area (Å²) in [5, 5.41) is 0. The second kappa shape index (κ2) is 7.55. The molecule has 4 fully saturated rings. The maximum Gasteiger partial charge on any atom is 0.150 e. The average molecular weight is 460 g/mol. The van der Waals surface area contributed by atoms with Gasteiger partial charge in [0.15, 0.2) is 0 Å². The van der Waals surface area contributed by atoms with Gasteiger partial charge in [-0.25, -0.2) is 0 Å². The summed E-state index contributed by atoms with van der Waals surface area (Å²) < 4.78 is 0. The van der Waals surface area contributed by atoms with Crippen LogP contribution in [-0.4, -0.2) is 11.8 Å². The number of carbonyl (C=O) groups excluding carboxylic acids is 1. The normalized spacial score (nSPS) is 47.0. The van der Waals surface area contributed by atoms with E-state index in [9.17, 15) is 4.79 Å². The van der Waals surface area contributed by atoms with Gasteiger partial charge >= 0.3 is 0 Å². The molecule has 2 heteroatoms. The Bertz CT molecular complexity index is 1010. The fourth-order valence-electron chi connectivity index (χ4n) is 11.1. The lowest BCUT2D eigenvalue weighted by atomic mass is 9.37. The van der Waals surface area contributed by atoms with Crippen molar-refractivity contribution < 1.29 is 4.79 Å². The van der Waals surface area contributed by atoms with Gasteiger partial charge in [0.2, 0.25) is 0 Å². The van der Waals surface area contributed by atoms with Crippen LogP contribution in [0.5, 0.6) is 0 Å². The minimum absolute atomic E-state index is 0.151. The highest BCUT2D eigenvalue weighted by atomic mass is 16.1. The number of allylic oxidation sites excluding steroid dienone is 2. The largest absolute Gasteiger partial charge is 0.325 e. The van der Waals surface area contributed by atoms with Crippen LogP contribution in [0.2, 0.25) is 0 Å². The molecule has 2 N–H and O–H groups in total. The summed E-state index contributed by atoms with van der Waals surface area (Å²) in [6.45, 7) is 10.4. The number of nitrogens with two attached hydrogens (primary N) is 1. The van der Waals surface area contributed by atoms with Crippen molar-refractivity contribution in [1.29, 1.82) is 0 Å². The SMILES string of the molecule is CC1(C)C(c2ccc(C=O)cc2)=CCC2(C)C1CCC1(C)C3CCC4(N)CCC[C@@H]4[C@H]3CCC12. The van der Waals surface area contributed by atoms with Crippen LogP contribution in [0, 0.1) is 45.8 Å². The summed E-state index contributed by atoms with van der Waals surface area (Å²) in [6, 6.07) is 8.30. The summed E-state index contributed by atoms with van der Waals surface area (Å²) in [5.74, 6) is 4.08. The summed E-state index contributed by atoms with van der Waals surface area (Å²) in [7, 11) is 0. The van der Waals surface area contributed by atoms with Crippen LogP contribution >= 0.6 is 0 Å². The Morgan fingerprint density at radius 1 is 0.824 bits per heavy atom. The first-order valence-corrected chi connectivity index (χ1v) is 14.2. The van der Waals surface area contributed by atoms with Crippen molar-refractivity contribution in [2.45, 2.75) is 97.4 Å². The fraction of sp³-hybridized carbons (Fsp3) is 0.719. The van der Waals surface area contributed by atoms with Gasteiger partial charge in [0, 0.05) is 11.1 Å². The molecule has 4 saturated carbocycles. The van der Waals surface area contributed by atoms with Crippen molar-refractivity contribution in [3.05, 3.63) is 41.5 Å². The van der Waals surface area contributed by atoms with Crippen molar-refractivity contribution in [3.63, 3.8) is 0 Å². The zero-order valence-corrected chi connectivity index (χ0v) is 21.9. The smallest absolute Gasteiger partial charge is 0.150 e. The maximum absolute atomic E-state index is 11.2. The van der Waals surface area contributed by atoms with Crippen molar-refractivity contribution >= 4 is 11.9 Å². The van der Waals surface area contributed by atoms with E-state index in [0.29, 0.717) is 16.7 Å². The van der Waals surface area contributed by atoms with Crippen LogP contribution in [-0.2, 0) is 0 Å². The van der Waals surface area contributed by atoms with Gasteiger partial charge < -0.3 is 5.73 Å². The van der Waals surface area contributed by atoms with Crippen molar-refractivity contribution in [1.82, 2.24) is 0 Å². The predicted octanol–water partition coefficient (Wildman–Crippen LogP) is 7.67. The third-order valence-corrected chi connectivity index (χ3v) is 12.5. The number of hydrogen-bond donors (Lipinski definition) is 1. The number of carbonyl (C=O) groups is 1. The molecule has 1 aromatic carbocycles. The molecule has 2 nitrogen and oxygen atoms in total. The lowest BCUT2D eigenvalue weighted by Gasteiger charge is -2.68. The van der Waals surface area contributed by atoms with Gasteiger partial charge in [-0.05, 0) is 115 Å². The minimum atomic E-state index is 0.151. The first kappa shape index (κ1) is 23.0. The molecule has 6 rings (SSSR count). The monoisotopic (exact) mass is 459 g/mol. The average Bonchev–Trinajstić information content (AvgIpc) is 3.20. The van der Waals surface area contributed by atoms with Crippen LogP contribution < -0.4 is 5.73 Å². The zero-order chi connectivity index (χ0) is 23.9. The first-order valence-electron chi connectivity index (χ1n) is 14.2. The Labute approximate surface area is 207 Å². The molecule has 0 bridgehead atoms. The van der Waals surface area contributed by atoms with Crippen LogP contribution in [0.15, 0.2) is 30.3 Å². The van der Waals surface area contributed by atoms with E-state index in [1.165, 1.54) is 75.3 Å². The number of benzene rings is 1. The third kappa shape index (κ3) is 2.99. The Hall–Kier alpha value is -1.41. The summed E-state index contributed by atoms with van der Waals surface area (Å²) >= 11 is 0. The minimum Gasteiger partial charge on any atom is -0.325 e. The lowest BCUT2D eigenvalue weighted by Crippen LogP contribution is -2.62. The van der Waals surface area contributed by atoms with Gasteiger partial charge in [0.25, 0.3) is 0 Å². The molecule has 5 aliphatic rings.